The van der Waals surface area contributed by atoms with Gasteiger partial charge >= 0.3 is 8.25 Å². The highest BCUT2D eigenvalue weighted by atomic mass is 31.1. The molecule has 0 aliphatic carbocycles. The lowest BCUT2D eigenvalue weighted by Gasteiger charge is -1.97. The smallest absolute Gasteiger partial charge is 0.311 e. The molecule has 0 unspecified atom stereocenters. The third-order valence-electron chi connectivity index (χ3n) is 1.46. The molecule has 0 N–H and O–H groups in total. The molecule has 0 aromatic heterocycles. The fraction of sp³-hybridized carbons (Fsp3) is 0.455. The van der Waals surface area contributed by atoms with E-state index < -0.39 is 8.25 Å². The molecule has 3 nitrogen and oxygen atoms in total. The summed E-state index contributed by atoms with van der Waals surface area (Å²) in [6.45, 7) is 6.55. The van der Waals surface area contributed by atoms with Crippen molar-refractivity contribution in [1.29, 1.82) is 0 Å². The van der Waals surface area contributed by atoms with Crippen LogP contribution in [0.1, 0.15) is 19.4 Å². The fourth-order valence-corrected chi connectivity index (χ4v) is 1.37. The highest BCUT2D eigenvalue weighted by Gasteiger charge is 1.91. The van der Waals surface area contributed by atoms with Gasteiger partial charge in [0.15, 0.2) is 0 Å². The fourth-order valence-electron chi connectivity index (χ4n) is 0.812. The lowest BCUT2D eigenvalue weighted by Crippen LogP contribution is -1.81. The van der Waals surface area contributed by atoms with Crippen molar-refractivity contribution < 1.29 is 13.6 Å². The Labute approximate surface area is 92.4 Å². The van der Waals surface area contributed by atoms with Crippen molar-refractivity contribution >= 4 is 8.25 Å². The van der Waals surface area contributed by atoms with Gasteiger partial charge in [-0.3, -0.25) is 4.57 Å². The first kappa shape index (κ1) is 14.4. The van der Waals surface area contributed by atoms with E-state index in [9.17, 15) is 4.57 Å². The minimum atomic E-state index is -2.14. The van der Waals surface area contributed by atoms with E-state index in [1.54, 1.807) is 13.8 Å². The summed E-state index contributed by atoms with van der Waals surface area (Å²) >= 11 is 0. The van der Waals surface area contributed by atoms with Crippen molar-refractivity contribution in [3.05, 3.63) is 35.9 Å². The van der Waals surface area contributed by atoms with Crippen molar-refractivity contribution in [2.75, 3.05) is 13.2 Å². The normalized spacial score (nSPS) is 9.60. The van der Waals surface area contributed by atoms with Crippen LogP contribution in [0.4, 0.5) is 0 Å². The molecule has 1 rings (SSSR count). The SMILES string of the molecule is CCO[PH](=O)OCC.Cc1ccccc1. The molecular formula is C11H19O3P. The summed E-state index contributed by atoms with van der Waals surface area (Å²) in [7, 11) is -2.14. The lowest BCUT2D eigenvalue weighted by molar-refractivity contribution is 0.243. The van der Waals surface area contributed by atoms with Gasteiger partial charge in [0.1, 0.15) is 0 Å². The Hall–Kier alpha value is -0.630. The predicted molar refractivity (Wildman–Crippen MR) is 63.4 cm³/mol. The maximum atomic E-state index is 10.4. The zero-order chi connectivity index (χ0) is 11.5. The van der Waals surface area contributed by atoms with E-state index in [0.717, 1.165) is 0 Å². The molecule has 4 heteroatoms. The van der Waals surface area contributed by atoms with Crippen LogP contribution in [0.2, 0.25) is 0 Å². The Bertz CT molecular complexity index is 254. The number of rotatable bonds is 4. The Morgan fingerprint density at radius 1 is 1.07 bits per heavy atom. The second-order valence-electron chi connectivity index (χ2n) is 2.77. The number of benzene rings is 1. The topological polar surface area (TPSA) is 35.5 Å². The van der Waals surface area contributed by atoms with Crippen LogP contribution >= 0.6 is 8.25 Å². The van der Waals surface area contributed by atoms with Crippen LogP contribution in [0.15, 0.2) is 30.3 Å². The second kappa shape index (κ2) is 9.91. The molecule has 86 valence electrons. The minimum Gasteiger partial charge on any atom is -0.311 e. The van der Waals surface area contributed by atoms with Gasteiger partial charge in [0.25, 0.3) is 0 Å². The first-order valence-electron chi connectivity index (χ1n) is 5.01. The van der Waals surface area contributed by atoms with Crippen LogP contribution in [0.5, 0.6) is 0 Å². The quantitative estimate of drug-likeness (QED) is 0.743. The summed E-state index contributed by atoms with van der Waals surface area (Å²) in [5.41, 5.74) is 1.32. The monoisotopic (exact) mass is 230 g/mol. The van der Waals surface area contributed by atoms with Crippen LogP contribution in [0.3, 0.4) is 0 Å². The number of hydrogen-bond donors (Lipinski definition) is 0. The van der Waals surface area contributed by atoms with Gasteiger partial charge in [-0.25, -0.2) is 0 Å². The summed E-state index contributed by atoms with van der Waals surface area (Å²) in [5, 5.41) is 0. The molecule has 15 heavy (non-hydrogen) atoms. The Balaban J connectivity index is 0.000000262. The standard InChI is InChI=1S/C7H8.C4H11O3P/c1-7-5-3-2-4-6-7;1-3-6-8(5)7-4-2/h2-6H,1H3;8H,3-4H2,1-2H3. The predicted octanol–water partition coefficient (Wildman–Crippen LogP) is 3.44. The van der Waals surface area contributed by atoms with Gasteiger partial charge < -0.3 is 9.05 Å². The van der Waals surface area contributed by atoms with Crippen molar-refractivity contribution in [2.24, 2.45) is 0 Å². The van der Waals surface area contributed by atoms with Gasteiger partial charge in [0.2, 0.25) is 0 Å². The summed E-state index contributed by atoms with van der Waals surface area (Å²) in [6.07, 6.45) is 0. The molecule has 0 saturated carbocycles. The van der Waals surface area contributed by atoms with Crippen LogP contribution in [0, 0.1) is 6.92 Å². The molecule has 0 atom stereocenters. The summed E-state index contributed by atoms with van der Waals surface area (Å²) in [5.74, 6) is 0. The Morgan fingerprint density at radius 2 is 1.53 bits per heavy atom. The largest absolute Gasteiger partial charge is 0.319 e. The van der Waals surface area contributed by atoms with E-state index in [4.69, 9.17) is 0 Å². The van der Waals surface area contributed by atoms with E-state index in [1.165, 1.54) is 5.56 Å². The molecule has 0 bridgehead atoms. The molecule has 1 aromatic carbocycles. The van der Waals surface area contributed by atoms with Gasteiger partial charge in [-0.2, -0.15) is 0 Å². The highest BCUT2D eigenvalue weighted by molar-refractivity contribution is 7.33. The van der Waals surface area contributed by atoms with Gasteiger partial charge in [-0.05, 0) is 20.8 Å². The van der Waals surface area contributed by atoms with E-state index in [0.29, 0.717) is 13.2 Å². The third kappa shape index (κ3) is 9.67. The van der Waals surface area contributed by atoms with Crippen LogP contribution in [0.25, 0.3) is 0 Å². The highest BCUT2D eigenvalue weighted by Crippen LogP contribution is 2.21. The average Bonchev–Trinajstić information content (AvgIpc) is 2.20. The lowest BCUT2D eigenvalue weighted by atomic mass is 10.2. The van der Waals surface area contributed by atoms with Gasteiger partial charge in [-0.15, -0.1) is 0 Å². The molecule has 0 amide bonds. The third-order valence-corrected chi connectivity index (χ3v) is 2.51. The van der Waals surface area contributed by atoms with E-state index in [1.807, 2.05) is 18.2 Å². The second-order valence-corrected chi connectivity index (χ2v) is 3.85. The number of aryl methyl sites for hydroxylation is 1. The molecule has 0 radical (unpaired) electrons. The van der Waals surface area contributed by atoms with Crippen molar-refractivity contribution in [1.82, 2.24) is 0 Å². The Morgan fingerprint density at radius 3 is 1.80 bits per heavy atom. The maximum Gasteiger partial charge on any atom is 0.319 e. The maximum absolute atomic E-state index is 10.4. The first-order chi connectivity index (χ1) is 7.20. The van der Waals surface area contributed by atoms with Crippen molar-refractivity contribution in [3.8, 4) is 0 Å². The zero-order valence-corrected chi connectivity index (χ0v) is 10.5. The molecule has 0 fully saturated rings. The number of hydrogen-bond acceptors (Lipinski definition) is 3. The van der Waals surface area contributed by atoms with Gasteiger partial charge in [0, 0.05) is 0 Å². The van der Waals surface area contributed by atoms with Crippen LogP contribution < -0.4 is 0 Å². The van der Waals surface area contributed by atoms with Crippen LogP contribution in [-0.4, -0.2) is 13.2 Å². The van der Waals surface area contributed by atoms with E-state index in [2.05, 4.69) is 28.1 Å². The summed E-state index contributed by atoms with van der Waals surface area (Å²) in [4.78, 5) is 0. The molecule has 0 saturated heterocycles. The van der Waals surface area contributed by atoms with Crippen LogP contribution in [-0.2, 0) is 13.6 Å². The Kier molecular flexibility index (Phi) is 9.49. The molecule has 0 heterocycles. The van der Waals surface area contributed by atoms with Crippen molar-refractivity contribution in [2.45, 2.75) is 20.8 Å². The minimum absolute atomic E-state index is 0.456. The molecular weight excluding hydrogens is 211 g/mol. The summed E-state index contributed by atoms with van der Waals surface area (Å²) < 4.78 is 19.6. The van der Waals surface area contributed by atoms with E-state index in [-0.39, 0.29) is 0 Å². The van der Waals surface area contributed by atoms with Gasteiger partial charge in [-0.1, -0.05) is 35.9 Å². The zero-order valence-electron chi connectivity index (χ0n) is 9.53. The average molecular weight is 230 g/mol. The van der Waals surface area contributed by atoms with Gasteiger partial charge in [0.05, 0.1) is 13.2 Å². The summed E-state index contributed by atoms with van der Waals surface area (Å²) in [6, 6.07) is 10.3. The van der Waals surface area contributed by atoms with Crippen molar-refractivity contribution in [3.63, 3.8) is 0 Å². The molecule has 0 spiro atoms. The first-order valence-corrected chi connectivity index (χ1v) is 6.24. The molecule has 1 aromatic rings. The molecule has 0 aliphatic heterocycles. The molecule has 0 aliphatic rings. The van der Waals surface area contributed by atoms with E-state index >= 15 is 0 Å².